The van der Waals surface area contributed by atoms with Gasteiger partial charge in [-0.2, -0.15) is 0 Å². The Labute approximate surface area is 137 Å². The number of fused-ring (bicyclic) bond motifs is 1. The summed E-state index contributed by atoms with van der Waals surface area (Å²) >= 11 is 5.04. The highest BCUT2D eigenvalue weighted by atomic mass is 32.1. The van der Waals surface area contributed by atoms with E-state index in [0.29, 0.717) is 15.8 Å². The predicted molar refractivity (Wildman–Crippen MR) is 89.5 cm³/mol. The highest BCUT2D eigenvalue weighted by Gasteiger charge is 2.15. The third kappa shape index (κ3) is 2.86. The van der Waals surface area contributed by atoms with E-state index in [-0.39, 0.29) is 5.91 Å². The summed E-state index contributed by atoms with van der Waals surface area (Å²) in [4.78, 5) is 27.1. The van der Waals surface area contributed by atoms with Crippen molar-refractivity contribution in [3.63, 3.8) is 0 Å². The van der Waals surface area contributed by atoms with E-state index >= 15 is 0 Å². The van der Waals surface area contributed by atoms with Gasteiger partial charge in [-0.15, -0.1) is 0 Å². The third-order valence-corrected chi connectivity index (χ3v) is 3.83. The van der Waals surface area contributed by atoms with Gasteiger partial charge in [0.2, 0.25) is 0 Å². The summed E-state index contributed by atoms with van der Waals surface area (Å²) in [6.07, 6.45) is 3.36. The summed E-state index contributed by atoms with van der Waals surface area (Å²) in [7, 11) is 1.86. The summed E-state index contributed by atoms with van der Waals surface area (Å²) in [6.45, 7) is 0. The van der Waals surface area contributed by atoms with Crippen molar-refractivity contribution >= 4 is 34.9 Å². The predicted octanol–water partition coefficient (Wildman–Crippen LogP) is 2.31. The fourth-order valence-electron chi connectivity index (χ4n) is 2.37. The van der Waals surface area contributed by atoms with Gasteiger partial charge >= 0.3 is 0 Å². The maximum absolute atomic E-state index is 12.3. The number of carbonyl (C=O) groups excluding carboxylic acids is 2. The van der Waals surface area contributed by atoms with Crippen molar-refractivity contribution in [3.8, 4) is 0 Å². The molecule has 2 heterocycles. The molecule has 2 aromatic heterocycles. The van der Waals surface area contributed by atoms with Gasteiger partial charge in [0, 0.05) is 30.3 Å². The maximum atomic E-state index is 12.3. The van der Waals surface area contributed by atoms with Gasteiger partial charge in [0.25, 0.3) is 11.8 Å². The maximum Gasteiger partial charge on any atom is 0.272 e. The van der Waals surface area contributed by atoms with E-state index in [9.17, 15) is 9.59 Å². The first-order valence-corrected chi connectivity index (χ1v) is 7.31. The minimum atomic E-state index is -0.472. The first-order chi connectivity index (χ1) is 11.1. The van der Waals surface area contributed by atoms with E-state index in [4.69, 9.17) is 12.2 Å². The van der Waals surface area contributed by atoms with Crippen molar-refractivity contribution in [2.24, 2.45) is 7.05 Å². The molecule has 0 aliphatic carbocycles. The number of hydrogen-bond donors (Lipinski definition) is 3. The highest BCUT2D eigenvalue weighted by molar-refractivity contribution is 7.71. The molecule has 1 aromatic carbocycles. The Bertz CT molecular complexity index is 958. The number of aryl methyl sites for hydroxylation is 1. The second-order valence-electron chi connectivity index (χ2n) is 4.99. The molecular formula is C16H14N4O2S. The average Bonchev–Trinajstić information content (AvgIpc) is 2.90. The number of nitrogens with one attached hydrogen (secondary N) is 3. The number of aromatic amines is 1. The number of hydrogen-bond acceptors (Lipinski definition) is 3. The van der Waals surface area contributed by atoms with Crippen LogP contribution in [-0.4, -0.2) is 21.4 Å². The van der Waals surface area contributed by atoms with Crippen molar-refractivity contribution in [3.05, 3.63) is 64.6 Å². The SMILES string of the molecule is Cn1cc(C(=O)NNC(=O)c2ccc[nH]c2=S)c2ccccc21. The largest absolute Gasteiger partial charge is 0.352 e. The molecule has 0 radical (unpaired) electrons. The number of pyridine rings is 1. The molecule has 7 heteroatoms. The first-order valence-electron chi connectivity index (χ1n) is 6.90. The Kier molecular flexibility index (Phi) is 3.94. The van der Waals surface area contributed by atoms with Crippen LogP contribution in [0.1, 0.15) is 20.7 Å². The Morgan fingerprint density at radius 3 is 2.48 bits per heavy atom. The van der Waals surface area contributed by atoms with E-state index in [0.717, 1.165) is 10.9 Å². The second kappa shape index (κ2) is 6.05. The molecule has 0 bridgehead atoms. The van der Waals surface area contributed by atoms with Crippen molar-refractivity contribution < 1.29 is 9.59 Å². The van der Waals surface area contributed by atoms with Gasteiger partial charge < -0.3 is 9.55 Å². The molecule has 0 aliphatic rings. The van der Waals surface area contributed by atoms with E-state index in [1.54, 1.807) is 24.5 Å². The molecule has 23 heavy (non-hydrogen) atoms. The summed E-state index contributed by atoms with van der Waals surface area (Å²) in [5.41, 5.74) is 6.51. The average molecular weight is 326 g/mol. The Hall–Kier alpha value is -2.93. The number of hydrazine groups is 1. The Balaban J connectivity index is 1.78. The van der Waals surface area contributed by atoms with Crippen molar-refractivity contribution in [2.45, 2.75) is 0 Å². The van der Waals surface area contributed by atoms with Crippen LogP contribution in [-0.2, 0) is 7.05 Å². The number of rotatable bonds is 2. The van der Waals surface area contributed by atoms with E-state index in [1.807, 2.05) is 35.9 Å². The van der Waals surface area contributed by atoms with Crippen LogP contribution >= 0.6 is 12.2 Å². The molecular weight excluding hydrogens is 312 g/mol. The molecule has 0 atom stereocenters. The lowest BCUT2D eigenvalue weighted by Gasteiger charge is -2.06. The van der Waals surface area contributed by atoms with Crippen LogP contribution in [0.5, 0.6) is 0 Å². The zero-order chi connectivity index (χ0) is 16.4. The number of carbonyl (C=O) groups is 2. The van der Waals surface area contributed by atoms with Gasteiger partial charge in [0.05, 0.1) is 11.1 Å². The lowest BCUT2D eigenvalue weighted by atomic mass is 10.2. The van der Waals surface area contributed by atoms with Crippen molar-refractivity contribution in [1.82, 2.24) is 20.4 Å². The summed E-state index contributed by atoms with van der Waals surface area (Å²) in [5.74, 6) is -0.860. The van der Waals surface area contributed by atoms with Gasteiger partial charge in [-0.25, -0.2) is 0 Å². The molecule has 0 aliphatic heterocycles. The molecule has 0 fully saturated rings. The smallest absolute Gasteiger partial charge is 0.272 e. The molecule has 0 unspecified atom stereocenters. The lowest BCUT2D eigenvalue weighted by Crippen LogP contribution is -2.41. The van der Waals surface area contributed by atoms with Crippen LogP contribution in [0.25, 0.3) is 10.9 Å². The number of benzene rings is 1. The van der Waals surface area contributed by atoms with Gasteiger partial charge in [-0.1, -0.05) is 30.4 Å². The summed E-state index contributed by atoms with van der Waals surface area (Å²) in [6, 6.07) is 10.8. The standard InChI is InChI=1S/C16H14N4O2S/c1-20-9-12(10-5-2-3-7-13(10)20)15(22)19-18-14(21)11-6-4-8-17-16(11)23/h2-9H,1H3,(H,17,23)(H,18,21)(H,19,22). The molecule has 3 rings (SSSR count). The van der Waals surface area contributed by atoms with Crippen LogP contribution in [0, 0.1) is 4.64 Å². The van der Waals surface area contributed by atoms with Crippen LogP contribution in [0.2, 0.25) is 0 Å². The lowest BCUT2D eigenvalue weighted by molar-refractivity contribution is 0.0847. The first kappa shape index (κ1) is 15.0. The Morgan fingerprint density at radius 1 is 1.04 bits per heavy atom. The van der Waals surface area contributed by atoms with E-state index in [2.05, 4.69) is 15.8 Å². The zero-order valence-corrected chi connectivity index (χ0v) is 13.1. The number of aromatic nitrogens is 2. The number of amides is 2. The molecule has 2 amide bonds. The van der Waals surface area contributed by atoms with Crippen LogP contribution in [0.15, 0.2) is 48.8 Å². The molecule has 3 N–H and O–H groups in total. The minimum absolute atomic E-state index is 0.292. The van der Waals surface area contributed by atoms with Crippen molar-refractivity contribution in [2.75, 3.05) is 0 Å². The molecule has 3 aromatic rings. The molecule has 6 nitrogen and oxygen atoms in total. The van der Waals surface area contributed by atoms with Crippen molar-refractivity contribution in [1.29, 1.82) is 0 Å². The molecule has 116 valence electrons. The highest BCUT2D eigenvalue weighted by Crippen LogP contribution is 2.19. The van der Waals surface area contributed by atoms with Gasteiger partial charge in [0.1, 0.15) is 4.64 Å². The Morgan fingerprint density at radius 2 is 1.74 bits per heavy atom. The molecule has 0 saturated heterocycles. The second-order valence-corrected chi connectivity index (χ2v) is 5.40. The zero-order valence-electron chi connectivity index (χ0n) is 12.3. The third-order valence-electron chi connectivity index (χ3n) is 3.49. The summed E-state index contributed by atoms with van der Waals surface area (Å²) < 4.78 is 2.17. The number of nitrogens with zero attached hydrogens (tertiary/aromatic N) is 1. The monoisotopic (exact) mass is 326 g/mol. The van der Waals surface area contributed by atoms with E-state index in [1.165, 1.54) is 0 Å². The number of para-hydroxylation sites is 1. The van der Waals surface area contributed by atoms with Gasteiger partial charge in [-0.3, -0.25) is 20.4 Å². The fourth-order valence-corrected chi connectivity index (χ4v) is 2.60. The normalized spacial score (nSPS) is 10.5. The fraction of sp³-hybridized carbons (Fsp3) is 0.0625. The van der Waals surface area contributed by atoms with E-state index < -0.39 is 5.91 Å². The van der Waals surface area contributed by atoms with Gasteiger partial charge in [-0.05, 0) is 18.2 Å². The van der Waals surface area contributed by atoms with Crippen LogP contribution in [0.4, 0.5) is 0 Å². The van der Waals surface area contributed by atoms with Crippen LogP contribution in [0.3, 0.4) is 0 Å². The summed E-state index contributed by atoms with van der Waals surface area (Å²) in [5, 5.41) is 0.818. The molecule has 0 spiro atoms. The van der Waals surface area contributed by atoms with Crippen LogP contribution < -0.4 is 10.9 Å². The van der Waals surface area contributed by atoms with Gasteiger partial charge in [0.15, 0.2) is 0 Å². The molecule has 0 saturated carbocycles. The minimum Gasteiger partial charge on any atom is -0.352 e. The quantitative estimate of drug-likeness (QED) is 0.499. The number of H-pyrrole nitrogens is 1. The topological polar surface area (TPSA) is 78.9 Å².